The van der Waals surface area contributed by atoms with E-state index in [1.165, 1.54) is 94.3 Å². The molecule has 0 amide bonds. The predicted molar refractivity (Wildman–Crippen MR) is 207 cm³/mol. The van der Waals surface area contributed by atoms with Gasteiger partial charge >= 0.3 is 0 Å². The van der Waals surface area contributed by atoms with Crippen LogP contribution in [-0.4, -0.2) is 4.57 Å². The minimum absolute atomic E-state index is 0.165. The maximum Gasteiger partial charge on any atom is 0.0582 e. The van der Waals surface area contributed by atoms with E-state index in [0.29, 0.717) is 0 Å². The molecule has 0 spiro atoms. The highest BCUT2D eigenvalue weighted by molar-refractivity contribution is 6.16. The summed E-state index contributed by atoms with van der Waals surface area (Å²) in [6.07, 6.45) is 0. The van der Waals surface area contributed by atoms with Crippen LogP contribution in [0.5, 0.6) is 0 Å². The number of nitrogens with zero attached hydrogens (tertiary/aromatic N) is 1. The second-order valence-electron chi connectivity index (χ2n) is 15.0. The van der Waals surface area contributed by atoms with Crippen molar-refractivity contribution in [1.82, 2.24) is 4.57 Å². The monoisotopic (exact) mass is 627 g/mol. The SMILES string of the molecule is CC1(C)c2cccc3c2-n2c4c1cc(-c1cccc(-c5ccccc5)c1)cc4c1cc(-c4cccc(-c5ccccc5)c4)cc(c12)C3(C)C. The molecule has 0 saturated carbocycles. The molecule has 10 rings (SSSR count). The Morgan fingerprint density at radius 3 is 1.12 bits per heavy atom. The van der Waals surface area contributed by atoms with E-state index in [9.17, 15) is 0 Å². The Bertz CT molecular complexity index is 2450. The van der Waals surface area contributed by atoms with Crippen LogP contribution in [0.1, 0.15) is 49.9 Å². The quantitative estimate of drug-likeness (QED) is 0.183. The molecule has 1 aromatic heterocycles. The van der Waals surface area contributed by atoms with Crippen LogP contribution in [0.2, 0.25) is 0 Å². The van der Waals surface area contributed by atoms with Crippen LogP contribution < -0.4 is 0 Å². The Hall–Kier alpha value is -5.66. The maximum atomic E-state index is 2.63. The van der Waals surface area contributed by atoms with E-state index < -0.39 is 0 Å². The lowest BCUT2D eigenvalue weighted by atomic mass is 9.68. The number of hydrogen-bond donors (Lipinski definition) is 0. The van der Waals surface area contributed by atoms with Crippen LogP contribution in [-0.2, 0) is 10.8 Å². The molecule has 0 N–H and O–H groups in total. The number of para-hydroxylation sites is 1. The second-order valence-corrected chi connectivity index (χ2v) is 15.0. The molecular formula is C48H37N. The van der Waals surface area contributed by atoms with Gasteiger partial charge in [0.1, 0.15) is 0 Å². The maximum absolute atomic E-state index is 2.63. The molecule has 0 aliphatic carbocycles. The molecule has 3 heterocycles. The van der Waals surface area contributed by atoms with Crippen molar-refractivity contribution in [2.24, 2.45) is 0 Å². The van der Waals surface area contributed by atoms with Crippen molar-refractivity contribution >= 4 is 21.8 Å². The van der Waals surface area contributed by atoms with Gasteiger partial charge in [0, 0.05) is 21.6 Å². The van der Waals surface area contributed by atoms with Crippen molar-refractivity contribution < 1.29 is 0 Å². The Balaban J connectivity index is 1.30. The van der Waals surface area contributed by atoms with Crippen LogP contribution in [0.25, 0.3) is 72.0 Å². The number of hydrogen-bond acceptors (Lipinski definition) is 0. The first-order chi connectivity index (χ1) is 23.8. The molecule has 234 valence electrons. The van der Waals surface area contributed by atoms with Crippen molar-refractivity contribution in [3.63, 3.8) is 0 Å². The van der Waals surface area contributed by atoms with Gasteiger partial charge < -0.3 is 4.57 Å². The Morgan fingerprint density at radius 1 is 0.327 bits per heavy atom. The van der Waals surface area contributed by atoms with Gasteiger partial charge in [-0.2, -0.15) is 0 Å². The first-order valence-electron chi connectivity index (χ1n) is 17.4. The lowest BCUT2D eigenvalue weighted by Crippen LogP contribution is -2.33. The fraction of sp³-hybridized carbons (Fsp3) is 0.125. The molecule has 0 fully saturated rings. The van der Waals surface area contributed by atoms with Crippen LogP contribution in [0, 0.1) is 0 Å². The van der Waals surface area contributed by atoms with Crippen LogP contribution in [0.15, 0.2) is 152 Å². The summed E-state index contributed by atoms with van der Waals surface area (Å²) >= 11 is 0. The van der Waals surface area contributed by atoms with Gasteiger partial charge in [0.05, 0.1) is 16.7 Å². The van der Waals surface area contributed by atoms with Crippen molar-refractivity contribution in [2.75, 3.05) is 0 Å². The van der Waals surface area contributed by atoms with E-state index in [1.807, 2.05) is 0 Å². The third kappa shape index (κ3) is 3.93. The molecule has 8 aromatic rings. The minimum atomic E-state index is -0.165. The summed E-state index contributed by atoms with van der Waals surface area (Å²) in [5, 5.41) is 2.67. The smallest absolute Gasteiger partial charge is 0.0582 e. The van der Waals surface area contributed by atoms with Crippen LogP contribution >= 0.6 is 0 Å². The molecule has 0 radical (unpaired) electrons. The fourth-order valence-corrected chi connectivity index (χ4v) is 8.88. The zero-order chi connectivity index (χ0) is 33.1. The van der Waals surface area contributed by atoms with E-state index in [0.717, 1.165) is 0 Å². The second kappa shape index (κ2) is 9.94. The van der Waals surface area contributed by atoms with Gasteiger partial charge in [-0.05, 0) is 103 Å². The van der Waals surface area contributed by atoms with Gasteiger partial charge in [-0.3, -0.25) is 0 Å². The van der Waals surface area contributed by atoms with Gasteiger partial charge in [-0.25, -0.2) is 0 Å². The molecule has 49 heavy (non-hydrogen) atoms. The van der Waals surface area contributed by atoms with Gasteiger partial charge in [-0.1, -0.05) is 143 Å². The highest BCUT2D eigenvalue weighted by Crippen LogP contribution is 2.56. The molecule has 2 aliphatic heterocycles. The lowest BCUT2D eigenvalue weighted by molar-refractivity contribution is 0.594. The van der Waals surface area contributed by atoms with E-state index in [4.69, 9.17) is 0 Å². The highest BCUT2D eigenvalue weighted by Gasteiger charge is 2.43. The van der Waals surface area contributed by atoms with Gasteiger partial charge in [0.25, 0.3) is 0 Å². The van der Waals surface area contributed by atoms with Crippen LogP contribution in [0.3, 0.4) is 0 Å². The number of benzene rings is 7. The van der Waals surface area contributed by atoms with Crippen molar-refractivity contribution in [3.05, 3.63) is 174 Å². The van der Waals surface area contributed by atoms with E-state index in [-0.39, 0.29) is 10.8 Å². The summed E-state index contributed by atoms with van der Waals surface area (Å²) in [6, 6.07) is 56.5. The van der Waals surface area contributed by atoms with E-state index in [2.05, 4.69) is 184 Å². The summed E-state index contributed by atoms with van der Waals surface area (Å²) in [4.78, 5) is 0. The summed E-state index contributed by atoms with van der Waals surface area (Å²) in [5.41, 5.74) is 19.4. The molecule has 0 unspecified atom stereocenters. The number of fused-ring (bicyclic) bond motifs is 1. The van der Waals surface area contributed by atoms with E-state index in [1.54, 1.807) is 0 Å². The Morgan fingerprint density at radius 2 is 0.694 bits per heavy atom. The molecule has 7 aromatic carbocycles. The summed E-state index contributed by atoms with van der Waals surface area (Å²) in [7, 11) is 0. The predicted octanol–water partition coefficient (Wildman–Crippen LogP) is 12.7. The average molecular weight is 628 g/mol. The summed E-state index contributed by atoms with van der Waals surface area (Å²) in [6.45, 7) is 9.69. The fourth-order valence-electron chi connectivity index (χ4n) is 8.88. The number of aromatic nitrogens is 1. The van der Waals surface area contributed by atoms with Crippen molar-refractivity contribution in [3.8, 4) is 50.2 Å². The first kappa shape index (κ1) is 28.4. The molecule has 1 heteroatoms. The highest BCUT2D eigenvalue weighted by atomic mass is 15.0. The summed E-state index contributed by atoms with van der Waals surface area (Å²) in [5.74, 6) is 0. The van der Waals surface area contributed by atoms with Gasteiger partial charge in [0.15, 0.2) is 0 Å². The minimum Gasteiger partial charge on any atom is -0.308 e. The lowest BCUT2D eigenvalue weighted by Gasteiger charge is -2.42. The molecule has 0 atom stereocenters. The number of rotatable bonds is 4. The van der Waals surface area contributed by atoms with E-state index >= 15 is 0 Å². The van der Waals surface area contributed by atoms with Gasteiger partial charge in [0.2, 0.25) is 0 Å². The van der Waals surface area contributed by atoms with Gasteiger partial charge in [-0.15, -0.1) is 0 Å². The molecule has 0 saturated heterocycles. The normalized spacial score (nSPS) is 14.9. The first-order valence-corrected chi connectivity index (χ1v) is 17.4. The molecule has 2 aliphatic rings. The summed E-state index contributed by atoms with van der Waals surface area (Å²) < 4.78 is 2.63. The molecule has 0 bridgehead atoms. The Labute approximate surface area is 288 Å². The van der Waals surface area contributed by atoms with Crippen molar-refractivity contribution in [2.45, 2.75) is 38.5 Å². The van der Waals surface area contributed by atoms with Crippen LogP contribution in [0.4, 0.5) is 0 Å². The van der Waals surface area contributed by atoms with Crippen molar-refractivity contribution in [1.29, 1.82) is 0 Å². The largest absolute Gasteiger partial charge is 0.308 e. The molecule has 1 nitrogen and oxygen atoms in total. The average Bonchev–Trinajstić information content (AvgIpc) is 3.48. The topological polar surface area (TPSA) is 4.93 Å². The Kier molecular flexibility index (Phi) is 5.75. The third-order valence-corrected chi connectivity index (χ3v) is 11.5. The third-order valence-electron chi connectivity index (χ3n) is 11.5. The molecular weight excluding hydrogens is 591 g/mol. The standard InChI is InChI=1S/C48H37N/c1-47(2)40-22-13-23-41-46(40)49-44-38(26-36(28-42(44)47)34-20-11-18-32(24-34)30-14-7-5-8-15-30)39-27-37(29-43(45(39)49)48(41,3)4)35-21-12-19-33(25-35)31-16-9-6-10-17-31/h5-29H,1-4H3. The zero-order valence-corrected chi connectivity index (χ0v) is 28.4. The zero-order valence-electron chi connectivity index (χ0n) is 28.4.